The van der Waals surface area contributed by atoms with Crippen LogP contribution in [0.1, 0.15) is 89.5 Å². The second kappa shape index (κ2) is 14.3. The van der Waals surface area contributed by atoms with Crippen molar-refractivity contribution >= 4 is 30.2 Å². The molecule has 0 aliphatic carbocycles. The fraction of sp³-hybridized carbons (Fsp3) is 0.808. The predicted octanol–water partition coefficient (Wildman–Crippen LogP) is 4.70. The number of nitrogens with zero attached hydrogens (tertiary/aromatic N) is 2. The summed E-state index contributed by atoms with van der Waals surface area (Å²) in [5.74, 6) is -1.09. The molecule has 0 aliphatic rings. The lowest BCUT2D eigenvalue weighted by Gasteiger charge is -2.28. The van der Waals surface area contributed by atoms with Crippen LogP contribution in [-0.2, 0) is 23.7 Å². The quantitative estimate of drug-likeness (QED) is 0.197. The lowest BCUT2D eigenvalue weighted by molar-refractivity contribution is -0.157. The molecule has 0 aliphatic heterocycles. The first kappa shape index (κ1) is 35.9. The van der Waals surface area contributed by atoms with Crippen molar-refractivity contribution in [1.82, 2.24) is 15.5 Å². The highest BCUT2D eigenvalue weighted by Gasteiger charge is 2.31. The molecule has 0 spiro atoms. The van der Waals surface area contributed by atoms with E-state index in [0.29, 0.717) is 0 Å². The van der Waals surface area contributed by atoms with Crippen molar-refractivity contribution in [1.29, 1.82) is 0 Å². The average Bonchev–Trinajstić information content (AvgIpc) is 2.64. The molecule has 2 N–H and O–H groups in total. The summed E-state index contributed by atoms with van der Waals surface area (Å²) in [5, 5.41) is 4.82. The van der Waals surface area contributed by atoms with E-state index in [1.165, 1.54) is 0 Å². The third kappa shape index (κ3) is 17.9. The van der Waals surface area contributed by atoms with Gasteiger partial charge in [0.1, 0.15) is 35.1 Å². The summed E-state index contributed by atoms with van der Waals surface area (Å²) in [4.78, 5) is 55.5. The van der Waals surface area contributed by atoms with Gasteiger partial charge in [-0.3, -0.25) is 10.3 Å². The van der Waals surface area contributed by atoms with Gasteiger partial charge in [0.25, 0.3) is 0 Å². The summed E-state index contributed by atoms with van der Waals surface area (Å²) in [6.45, 7) is 18.2. The van der Waals surface area contributed by atoms with Crippen molar-refractivity contribution < 1.29 is 42.5 Å². The maximum atomic E-state index is 13.4. The van der Waals surface area contributed by atoms with Gasteiger partial charge >= 0.3 is 24.2 Å². The highest BCUT2D eigenvalue weighted by Crippen LogP contribution is 2.14. The number of rotatable bonds is 7. The Hall–Kier alpha value is -3.12. The van der Waals surface area contributed by atoms with Crippen LogP contribution in [0, 0.1) is 0 Å². The zero-order valence-corrected chi connectivity index (χ0v) is 25.4. The van der Waals surface area contributed by atoms with Crippen LogP contribution < -0.4 is 10.6 Å². The fourth-order valence-electron chi connectivity index (χ4n) is 2.64. The molecule has 0 saturated carbocycles. The number of nitrogens with one attached hydrogen (secondary N) is 2. The Morgan fingerprint density at radius 3 is 1.64 bits per heavy atom. The molecule has 0 aromatic rings. The Kier molecular flexibility index (Phi) is 13.2. The van der Waals surface area contributed by atoms with Crippen molar-refractivity contribution in [3.63, 3.8) is 0 Å². The Bertz CT molecular complexity index is 880. The Morgan fingerprint density at radius 1 is 0.744 bits per heavy atom. The molecule has 0 rings (SSSR count). The van der Waals surface area contributed by atoms with Gasteiger partial charge in [-0.15, -0.1) is 0 Å². The van der Waals surface area contributed by atoms with Gasteiger partial charge in [-0.1, -0.05) is 0 Å². The van der Waals surface area contributed by atoms with Crippen molar-refractivity contribution in [3.8, 4) is 0 Å². The molecule has 0 fully saturated rings. The third-order valence-electron chi connectivity index (χ3n) is 3.85. The van der Waals surface area contributed by atoms with Crippen LogP contribution in [0.15, 0.2) is 4.99 Å². The molecular weight excluding hydrogens is 515 g/mol. The predicted molar refractivity (Wildman–Crippen MR) is 144 cm³/mol. The SMILES string of the molecule is CC(C)(C)OC(=O)NC(=NCC[C@H](NC(=O)OC(C)(C)C)C(=O)OC(C)(C)C)N(CCF)C(=O)OC(C)(C)C. The monoisotopic (exact) mass is 562 g/mol. The van der Waals surface area contributed by atoms with Crippen LogP contribution in [0.4, 0.5) is 18.8 Å². The van der Waals surface area contributed by atoms with E-state index in [9.17, 15) is 23.6 Å². The Labute approximate surface area is 231 Å². The van der Waals surface area contributed by atoms with Gasteiger partial charge in [0, 0.05) is 6.54 Å². The van der Waals surface area contributed by atoms with E-state index >= 15 is 0 Å². The molecule has 0 bridgehead atoms. The number of esters is 1. The number of carbonyl (C=O) groups is 4. The van der Waals surface area contributed by atoms with E-state index in [2.05, 4.69) is 15.6 Å². The lowest BCUT2D eigenvalue weighted by Crippen LogP contribution is -2.51. The normalized spacial score (nSPS) is 13.6. The average molecular weight is 563 g/mol. The minimum Gasteiger partial charge on any atom is -0.458 e. The molecule has 1 atom stereocenters. The van der Waals surface area contributed by atoms with Crippen LogP contribution in [-0.4, -0.2) is 83.3 Å². The van der Waals surface area contributed by atoms with Gasteiger partial charge in [0.05, 0.1) is 6.54 Å². The first-order valence-electron chi connectivity index (χ1n) is 12.8. The second-order valence-electron chi connectivity index (χ2n) is 12.7. The number of guanidine groups is 1. The molecule has 39 heavy (non-hydrogen) atoms. The van der Waals surface area contributed by atoms with Gasteiger partial charge in [0.2, 0.25) is 5.96 Å². The van der Waals surface area contributed by atoms with Gasteiger partial charge in [-0.2, -0.15) is 0 Å². The molecule has 0 aromatic carbocycles. The molecule has 13 heteroatoms. The molecule has 0 unspecified atom stereocenters. The van der Waals surface area contributed by atoms with Crippen molar-refractivity contribution in [3.05, 3.63) is 0 Å². The molecule has 0 heterocycles. The van der Waals surface area contributed by atoms with Crippen LogP contribution in [0.2, 0.25) is 0 Å². The molecule has 0 saturated heterocycles. The minimum atomic E-state index is -1.18. The molecule has 0 radical (unpaired) electrons. The maximum absolute atomic E-state index is 13.4. The van der Waals surface area contributed by atoms with E-state index in [-0.39, 0.29) is 18.9 Å². The second-order valence-corrected chi connectivity index (χ2v) is 12.7. The highest BCUT2D eigenvalue weighted by atomic mass is 19.1. The van der Waals surface area contributed by atoms with Gasteiger partial charge in [-0.25, -0.2) is 28.5 Å². The largest absolute Gasteiger partial charge is 0.458 e. The highest BCUT2D eigenvalue weighted by molar-refractivity contribution is 6.01. The maximum Gasteiger partial charge on any atom is 0.417 e. The summed E-state index contributed by atoms with van der Waals surface area (Å²) < 4.78 is 34.7. The van der Waals surface area contributed by atoms with E-state index in [1.54, 1.807) is 83.1 Å². The van der Waals surface area contributed by atoms with Crippen LogP contribution in [0.3, 0.4) is 0 Å². The van der Waals surface area contributed by atoms with Crippen molar-refractivity contribution in [2.24, 2.45) is 4.99 Å². The van der Waals surface area contributed by atoms with Crippen molar-refractivity contribution in [2.75, 3.05) is 19.8 Å². The zero-order valence-electron chi connectivity index (χ0n) is 25.4. The van der Waals surface area contributed by atoms with Crippen LogP contribution in [0.25, 0.3) is 0 Å². The van der Waals surface area contributed by atoms with E-state index in [0.717, 1.165) is 4.90 Å². The van der Waals surface area contributed by atoms with Gasteiger partial charge in [-0.05, 0) is 89.5 Å². The number of amides is 3. The van der Waals surface area contributed by atoms with Crippen LogP contribution in [0.5, 0.6) is 0 Å². The van der Waals surface area contributed by atoms with E-state index in [4.69, 9.17) is 18.9 Å². The summed E-state index contributed by atoms with van der Waals surface area (Å²) >= 11 is 0. The molecular formula is C26H47FN4O8. The molecule has 0 aromatic heterocycles. The number of aliphatic imine (C=N–C) groups is 1. The lowest BCUT2D eigenvalue weighted by atomic mass is 10.1. The molecule has 12 nitrogen and oxygen atoms in total. The first-order valence-corrected chi connectivity index (χ1v) is 12.8. The number of halogens is 1. The topological polar surface area (TPSA) is 145 Å². The Morgan fingerprint density at radius 2 is 1.21 bits per heavy atom. The summed E-state index contributed by atoms with van der Waals surface area (Å²) in [6, 6.07) is -1.18. The summed E-state index contributed by atoms with van der Waals surface area (Å²) in [5.41, 5.74) is -3.44. The molecule has 3 amide bonds. The zero-order chi connectivity index (χ0) is 30.8. The molecule has 226 valence electrons. The number of carbonyl (C=O) groups excluding carboxylic acids is 4. The first-order chi connectivity index (χ1) is 17.4. The van der Waals surface area contributed by atoms with Gasteiger partial charge in [0.15, 0.2) is 0 Å². The number of ether oxygens (including phenoxy) is 4. The Balaban J connectivity index is 6.12. The fourth-order valence-corrected chi connectivity index (χ4v) is 2.64. The number of alkyl halides is 1. The van der Waals surface area contributed by atoms with E-state index in [1.807, 2.05) is 0 Å². The van der Waals surface area contributed by atoms with Crippen molar-refractivity contribution in [2.45, 2.75) is 118 Å². The van der Waals surface area contributed by atoms with Gasteiger partial charge < -0.3 is 24.3 Å². The van der Waals surface area contributed by atoms with Crippen LogP contribution >= 0.6 is 0 Å². The third-order valence-corrected chi connectivity index (χ3v) is 3.85. The number of alkyl carbamates (subject to hydrolysis) is 2. The summed E-state index contributed by atoms with van der Waals surface area (Å²) in [6.07, 6.45) is -2.84. The smallest absolute Gasteiger partial charge is 0.417 e. The minimum absolute atomic E-state index is 0.106. The van der Waals surface area contributed by atoms with E-state index < -0.39 is 65.9 Å². The standard InChI is InChI=1S/C26H47FN4O8/c1-23(2,3)36-18(32)17(29-20(33)37-24(4,5)6)13-15-28-19(30-21(34)38-25(7,8)9)31(16-14-27)22(35)39-26(10,11)12/h17H,13-16H2,1-12H3,(H,29,33)(H,28,30,34)/t17-/m0/s1. The summed E-state index contributed by atoms with van der Waals surface area (Å²) in [7, 11) is 0. The number of hydrogen-bond donors (Lipinski definition) is 2. The number of hydrogen-bond acceptors (Lipinski definition) is 9.